The second kappa shape index (κ2) is 14.6. The fourth-order valence-corrected chi connectivity index (χ4v) is 6.51. The Balaban J connectivity index is 1.17. The van der Waals surface area contributed by atoms with E-state index >= 15 is 0 Å². The standard InChI is InChI=1S/C39H31F3N4O4S/c1-25-11-19-31(20-12-25)51(49,50)43-24-35(27-7-3-2-4-8-27)45-37(47)29-15-21-34-28(23-29)16-22-36(44-34)46-38(48)33-10-6-5-9-32(33)26-13-17-30(18-14-26)39(40,41)42/h2-23,35,43H,24H2,1H3,(H,45,47)(H,44,46,48)/t35-/m1/s1. The average Bonchev–Trinajstić information content (AvgIpc) is 3.13. The Bertz CT molecular complexity index is 2310. The molecule has 0 radical (unpaired) electrons. The van der Waals surface area contributed by atoms with Gasteiger partial charge in [0.1, 0.15) is 5.82 Å². The first-order valence-electron chi connectivity index (χ1n) is 15.8. The van der Waals surface area contributed by atoms with E-state index in [2.05, 4.69) is 20.3 Å². The van der Waals surface area contributed by atoms with Crippen LogP contribution >= 0.6 is 0 Å². The molecule has 0 aliphatic heterocycles. The van der Waals surface area contributed by atoms with Crippen molar-refractivity contribution in [2.45, 2.75) is 24.0 Å². The van der Waals surface area contributed by atoms with E-state index in [1.165, 1.54) is 24.3 Å². The molecule has 6 rings (SSSR count). The van der Waals surface area contributed by atoms with E-state index in [4.69, 9.17) is 0 Å². The highest BCUT2D eigenvalue weighted by Gasteiger charge is 2.30. The highest BCUT2D eigenvalue weighted by atomic mass is 32.2. The highest BCUT2D eigenvalue weighted by molar-refractivity contribution is 7.89. The first-order valence-corrected chi connectivity index (χ1v) is 17.3. The number of sulfonamides is 1. The largest absolute Gasteiger partial charge is 0.416 e. The molecule has 1 atom stereocenters. The predicted octanol–water partition coefficient (Wildman–Crippen LogP) is 7.93. The molecule has 5 aromatic carbocycles. The molecule has 6 aromatic rings. The highest BCUT2D eigenvalue weighted by Crippen LogP contribution is 2.32. The number of fused-ring (bicyclic) bond motifs is 1. The third kappa shape index (κ3) is 8.31. The van der Waals surface area contributed by atoms with Crippen LogP contribution in [0.15, 0.2) is 138 Å². The van der Waals surface area contributed by atoms with E-state index in [1.54, 1.807) is 91.0 Å². The van der Waals surface area contributed by atoms with Crippen LogP contribution < -0.4 is 15.4 Å². The van der Waals surface area contributed by atoms with E-state index in [0.717, 1.165) is 17.7 Å². The molecule has 0 saturated carbocycles. The summed E-state index contributed by atoms with van der Waals surface area (Å²) in [7, 11) is -3.84. The monoisotopic (exact) mass is 708 g/mol. The Labute approximate surface area is 292 Å². The van der Waals surface area contributed by atoms with Crippen LogP contribution in [0.5, 0.6) is 0 Å². The van der Waals surface area contributed by atoms with Gasteiger partial charge >= 0.3 is 6.18 Å². The predicted molar refractivity (Wildman–Crippen MR) is 190 cm³/mol. The van der Waals surface area contributed by atoms with Gasteiger partial charge in [0.25, 0.3) is 11.8 Å². The van der Waals surface area contributed by atoms with Crippen LogP contribution in [0.2, 0.25) is 0 Å². The summed E-state index contributed by atoms with van der Waals surface area (Å²) < 4.78 is 67.8. The number of aromatic nitrogens is 1. The number of nitrogens with one attached hydrogen (secondary N) is 3. The molecule has 0 bridgehead atoms. The third-order valence-electron chi connectivity index (χ3n) is 8.20. The number of carbonyl (C=O) groups excluding carboxylic acids is 2. The quantitative estimate of drug-likeness (QED) is 0.134. The normalized spacial score (nSPS) is 12.3. The van der Waals surface area contributed by atoms with Crippen molar-refractivity contribution in [1.82, 2.24) is 15.0 Å². The molecule has 3 N–H and O–H groups in total. The zero-order chi connectivity index (χ0) is 36.2. The Kier molecular flexibility index (Phi) is 9.99. The van der Waals surface area contributed by atoms with Gasteiger partial charge in [0, 0.05) is 23.1 Å². The maximum absolute atomic E-state index is 13.5. The Hall–Kier alpha value is -5.85. The number of halogens is 3. The minimum Gasteiger partial charge on any atom is -0.344 e. The summed E-state index contributed by atoms with van der Waals surface area (Å²) in [6.07, 6.45) is -4.47. The average molecular weight is 709 g/mol. The third-order valence-corrected chi connectivity index (χ3v) is 9.64. The number of anilines is 1. The van der Waals surface area contributed by atoms with E-state index in [-0.39, 0.29) is 22.8 Å². The van der Waals surface area contributed by atoms with Gasteiger partial charge in [0.2, 0.25) is 10.0 Å². The number of hydrogen-bond donors (Lipinski definition) is 3. The van der Waals surface area contributed by atoms with Gasteiger partial charge in [-0.25, -0.2) is 18.1 Å². The molecule has 0 aliphatic carbocycles. The number of carbonyl (C=O) groups is 2. The molecule has 0 saturated heterocycles. The van der Waals surface area contributed by atoms with E-state index in [1.807, 2.05) is 13.0 Å². The van der Waals surface area contributed by atoms with Crippen LogP contribution in [0.1, 0.15) is 43.4 Å². The summed E-state index contributed by atoms with van der Waals surface area (Å²) in [5.74, 6) is -0.701. The van der Waals surface area contributed by atoms with Gasteiger partial charge in [-0.1, -0.05) is 78.4 Å². The van der Waals surface area contributed by atoms with Crippen LogP contribution in [0.25, 0.3) is 22.0 Å². The minimum absolute atomic E-state index is 0.0911. The zero-order valence-corrected chi connectivity index (χ0v) is 27.9. The number of rotatable bonds is 10. The van der Waals surface area contributed by atoms with Gasteiger partial charge in [0.05, 0.1) is 22.0 Å². The summed E-state index contributed by atoms with van der Waals surface area (Å²) in [5.41, 5.74) is 2.81. The lowest BCUT2D eigenvalue weighted by molar-refractivity contribution is -0.137. The molecule has 12 heteroatoms. The summed E-state index contributed by atoms with van der Waals surface area (Å²) in [6.45, 7) is 1.77. The van der Waals surface area contributed by atoms with Gasteiger partial charge in [-0.2, -0.15) is 13.2 Å². The number of alkyl halides is 3. The van der Waals surface area contributed by atoms with Gasteiger partial charge in [0.15, 0.2) is 0 Å². The number of pyridine rings is 1. The molecule has 1 aromatic heterocycles. The Morgan fingerprint density at radius 3 is 2.16 bits per heavy atom. The smallest absolute Gasteiger partial charge is 0.344 e. The molecular weight excluding hydrogens is 678 g/mol. The van der Waals surface area contributed by atoms with Crippen molar-refractivity contribution in [3.8, 4) is 11.1 Å². The van der Waals surface area contributed by atoms with Crippen LogP contribution in [-0.2, 0) is 16.2 Å². The maximum atomic E-state index is 13.5. The summed E-state index contributed by atoms with van der Waals surface area (Å²) in [6, 6.07) is 34.1. The molecule has 0 spiro atoms. The Morgan fingerprint density at radius 2 is 1.45 bits per heavy atom. The van der Waals surface area contributed by atoms with Gasteiger partial charge in [-0.15, -0.1) is 0 Å². The minimum atomic E-state index is -4.47. The van der Waals surface area contributed by atoms with Gasteiger partial charge in [-0.05, 0) is 84.3 Å². The fourth-order valence-electron chi connectivity index (χ4n) is 5.46. The maximum Gasteiger partial charge on any atom is 0.416 e. The van der Waals surface area contributed by atoms with Crippen molar-refractivity contribution in [3.05, 3.63) is 161 Å². The van der Waals surface area contributed by atoms with E-state index < -0.39 is 39.6 Å². The van der Waals surface area contributed by atoms with Crippen molar-refractivity contribution in [1.29, 1.82) is 0 Å². The van der Waals surface area contributed by atoms with Crippen LogP contribution in [0.3, 0.4) is 0 Å². The van der Waals surface area contributed by atoms with Crippen molar-refractivity contribution in [2.75, 3.05) is 11.9 Å². The van der Waals surface area contributed by atoms with Crippen molar-refractivity contribution in [2.24, 2.45) is 0 Å². The van der Waals surface area contributed by atoms with E-state index in [9.17, 15) is 31.2 Å². The van der Waals surface area contributed by atoms with Crippen LogP contribution in [0, 0.1) is 6.92 Å². The van der Waals surface area contributed by atoms with Gasteiger partial charge < -0.3 is 10.6 Å². The van der Waals surface area contributed by atoms with Crippen LogP contribution in [-0.4, -0.2) is 31.8 Å². The van der Waals surface area contributed by atoms with Crippen molar-refractivity contribution < 1.29 is 31.2 Å². The molecule has 1 heterocycles. The Morgan fingerprint density at radius 1 is 0.765 bits per heavy atom. The SMILES string of the molecule is Cc1ccc(S(=O)(=O)NC[C@@H](NC(=O)c2ccc3nc(NC(=O)c4ccccc4-c4ccc(C(F)(F)F)cc4)ccc3c2)c2ccccc2)cc1. The molecular formula is C39H31F3N4O4S. The topological polar surface area (TPSA) is 117 Å². The van der Waals surface area contributed by atoms with Crippen molar-refractivity contribution >= 4 is 38.6 Å². The second-order valence-electron chi connectivity index (χ2n) is 11.8. The number of nitrogens with zero attached hydrogens (tertiary/aromatic N) is 1. The second-order valence-corrected chi connectivity index (χ2v) is 13.5. The van der Waals surface area contributed by atoms with Crippen molar-refractivity contribution in [3.63, 3.8) is 0 Å². The summed E-state index contributed by atoms with van der Waals surface area (Å²) >= 11 is 0. The fraction of sp³-hybridized carbons (Fsp3) is 0.103. The first kappa shape index (κ1) is 35.0. The molecule has 2 amide bonds. The molecule has 0 unspecified atom stereocenters. The molecule has 8 nitrogen and oxygen atoms in total. The van der Waals surface area contributed by atoms with Gasteiger partial charge in [-0.3, -0.25) is 9.59 Å². The lowest BCUT2D eigenvalue weighted by Crippen LogP contribution is -2.38. The number of hydrogen-bond acceptors (Lipinski definition) is 5. The summed E-state index contributed by atoms with van der Waals surface area (Å²) in [5, 5.41) is 6.30. The lowest BCUT2D eigenvalue weighted by Gasteiger charge is -2.20. The lowest BCUT2D eigenvalue weighted by atomic mass is 9.98. The van der Waals surface area contributed by atoms with Crippen LogP contribution in [0.4, 0.5) is 19.0 Å². The number of benzene rings is 5. The number of aryl methyl sites for hydroxylation is 1. The molecule has 0 aliphatic rings. The summed E-state index contributed by atoms with van der Waals surface area (Å²) in [4.78, 5) is 31.4. The molecule has 0 fully saturated rings. The molecule has 258 valence electrons. The van der Waals surface area contributed by atoms with E-state index in [0.29, 0.717) is 33.2 Å². The number of amides is 2. The first-order chi connectivity index (χ1) is 24.4. The molecule has 51 heavy (non-hydrogen) atoms. The zero-order valence-electron chi connectivity index (χ0n) is 27.1.